The van der Waals surface area contributed by atoms with Crippen LogP contribution in [0.1, 0.15) is 30.7 Å². The minimum atomic E-state index is 0.0335. The van der Waals surface area contributed by atoms with E-state index in [9.17, 15) is 4.79 Å². The van der Waals surface area contributed by atoms with Crippen LogP contribution in [0.4, 0.5) is 0 Å². The van der Waals surface area contributed by atoms with Crippen molar-refractivity contribution in [1.82, 2.24) is 14.9 Å². The van der Waals surface area contributed by atoms with Gasteiger partial charge in [-0.25, -0.2) is 4.98 Å². The topological polar surface area (TPSA) is 46.9 Å². The first-order valence-electron chi connectivity index (χ1n) is 8.99. The number of aromatic nitrogens is 2. The third kappa shape index (κ3) is 4.25. The summed E-state index contributed by atoms with van der Waals surface area (Å²) in [6, 6.07) is 9.25. The van der Waals surface area contributed by atoms with E-state index < -0.39 is 0 Å². The number of hydrogen-bond acceptors (Lipinski definition) is 2. The molecular weight excluding hydrogens is 440 g/mol. The zero-order valence-corrected chi connectivity index (χ0v) is 17.8. The van der Waals surface area contributed by atoms with E-state index in [0.717, 1.165) is 35.3 Å². The molecule has 3 aromatic rings. The highest BCUT2D eigenvalue weighted by Crippen LogP contribution is 2.31. The molecule has 146 valence electrons. The zero-order valence-electron chi connectivity index (χ0n) is 14.8. The van der Waals surface area contributed by atoms with Gasteiger partial charge in [0.25, 0.3) is 0 Å². The van der Waals surface area contributed by atoms with E-state index in [1.807, 2.05) is 4.57 Å². The van der Waals surface area contributed by atoms with Crippen molar-refractivity contribution in [3.63, 3.8) is 0 Å². The predicted octanol–water partition coefficient (Wildman–Crippen LogP) is 5.91. The summed E-state index contributed by atoms with van der Waals surface area (Å²) in [4.78, 5) is 16.9. The van der Waals surface area contributed by atoms with Gasteiger partial charge in [-0.15, -0.1) is 0 Å². The number of aryl methyl sites for hydroxylation is 1. The van der Waals surface area contributed by atoms with Crippen LogP contribution in [0.15, 0.2) is 30.3 Å². The number of nitrogens with one attached hydrogen (secondary N) is 1. The smallest absolute Gasteiger partial charge is 0.222 e. The number of carbonyl (C=O) groups is 1. The number of benzene rings is 2. The highest BCUT2D eigenvalue weighted by Gasteiger charge is 2.23. The number of nitrogens with zero attached hydrogens (tertiary/aromatic N) is 2. The average Bonchev–Trinajstić information content (AvgIpc) is 3.39. The molecular formula is C20H17Cl4N3O. The van der Waals surface area contributed by atoms with Gasteiger partial charge in [0, 0.05) is 35.5 Å². The van der Waals surface area contributed by atoms with Gasteiger partial charge in [0.2, 0.25) is 5.91 Å². The van der Waals surface area contributed by atoms with Crippen molar-refractivity contribution >= 4 is 63.3 Å². The third-order valence-corrected chi connectivity index (χ3v) is 6.20. The lowest BCUT2D eigenvalue weighted by atomic mass is 10.1. The quantitative estimate of drug-likeness (QED) is 0.501. The number of carbonyl (C=O) groups excluding carboxylic acids is 1. The Balaban J connectivity index is 1.70. The molecule has 1 aliphatic carbocycles. The minimum absolute atomic E-state index is 0.0335. The van der Waals surface area contributed by atoms with Gasteiger partial charge in [0.1, 0.15) is 5.82 Å². The number of rotatable bonds is 6. The molecule has 1 aromatic heterocycles. The Kier molecular flexibility index (Phi) is 5.75. The molecule has 8 heteroatoms. The molecule has 1 fully saturated rings. The summed E-state index contributed by atoms with van der Waals surface area (Å²) in [7, 11) is 0. The maximum atomic E-state index is 12.2. The Morgan fingerprint density at radius 3 is 2.43 bits per heavy atom. The van der Waals surface area contributed by atoms with Crippen LogP contribution in [-0.2, 0) is 17.8 Å². The van der Waals surface area contributed by atoms with Crippen LogP contribution in [0.2, 0.25) is 20.1 Å². The fourth-order valence-electron chi connectivity index (χ4n) is 3.15. The van der Waals surface area contributed by atoms with Crippen molar-refractivity contribution < 1.29 is 4.79 Å². The summed E-state index contributed by atoms with van der Waals surface area (Å²) < 4.78 is 1.99. The molecule has 1 aliphatic rings. The second-order valence-corrected chi connectivity index (χ2v) is 8.53. The highest BCUT2D eigenvalue weighted by atomic mass is 35.5. The van der Waals surface area contributed by atoms with E-state index in [-0.39, 0.29) is 5.91 Å². The second kappa shape index (κ2) is 8.11. The molecule has 0 bridgehead atoms. The molecule has 0 spiro atoms. The van der Waals surface area contributed by atoms with E-state index in [1.54, 1.807) is 30.3 Å². The average molecular weight is 457 g/mol. The van der Waals surface area contributed by atoms with Crippen LogP contribution in [-0.4, -0.2) is 21.5 Å². The number of amides is 1. The lowest BCUT2D eigenvalue weighted by molar-refractivity contribution is -0.121. The van der Waals surface area contributed by atoms with Crippen molar-refractivity contribution in [3.05, 3.63) is 61.8 Å². The van der Waals surface area contributed by atoms with Gasteiger partial charge >= 0.3 is 0 Å². The normalized spacial score (nSPS) is 13.9. The first kappa shape index (κ1) is 19.8. The van der Waals surface area contributed by atoms with E-state index in [1.165, 1.54) is 0 Å². The first-order chi connectivity index (χ1) is 13.4. The van der Waals surface area contributed by atoms with Crippen molar-refractivity contribution in [2.24, 2.45) is 0 Å². The van der Waals surface area contributed by atoms with Gasteiger partial charge in [-0.1, -0.05) is 52.5 Å². The SMILES string of the molecule is O=C(CCn1c(Cc2c(Cl)cccc2Cl)nc2cc(Cl)c(Cl)cc21)NC1CC1. The molecule has 0 unspecified atom stereocenters. The number of fused-ring (bicyclic) bond motifs is 1. The van der Waals surface area contributed by atoms with E-state index in [4.69, 9.17) is 51.4 Å². The number of hydrogen-bond donors (Lipinski definition) is 1. The molecule has 0 atom stereocenters. The molecule has 28 heavy (non-hydrogen) atoms. The van der Waals surface area contributed by atoms with Gasteiger partial charge < -0.3 is 9.88 Å². The largest absolute Gasteiger partial charge is 0.353 e. The fraction of sp³-hybridized carbons (Fsp3) is 0.300. The third-order valence-electron chi connectivity index (χ3n) is 4.77. The van der Waals surface area contributed by atoms with Crippen LogP contribution in [0.25, 0.3) is 11.0 Å². The Hall–Kier alpha value is -1.46. The van der Waals surface area contributed by atoms with Gasteiger partial charge in [0.05, 0.1) is 21.1 Å². The highest BCUT2D eigenvalue weighted by molar-refractivity contribution is 6.42. The fourth-order valence-corrected chi connectivity index (χ4v) is 4.00. The van der Waals surface area contributed by atoms with Gasteiger partial charge in [-0.2, -0.15) is 0 Å². The lowest BCUT2D eigenvalue weighted by Crippen LogP contribution is -2.26. The van der Waals surface area contributed by atoms with Crippen molar-refractivity contribution in [2.45, 2.75) is 38.3 Å². The molecule has 1 heterocycles. The lowest BCUT2D eigenvalue weighted by Gasteiger charge is -2.11. The molecule has 0 saturated heterocycles. The van der Waals surface area contributed by atoms with Crippen LogP contribution in [0.3, 0.4) is 0 Å². The van der Waals surface area contributed by atoms with E-state index in [0.29, 0.717) is 45.5 Å². The minimum Gasteiger partial charge on any atom is -0.353 e. The Morgan fingerprint density at radius 2 is 1.75 bits per heavy atom. The number of imidazole rings is 1. The van der Waals surface area contributed by atoms with Crippen LogP contribution in [0, 0.1) is 0 Å². The molecule has 2 aromatic carbocycles. The molecule has 0 radical (unpaired) electrons. The van der Waals surface area contributed by atoms with Crippen LogP contribution >= 0.6 is 46.4 Å². The van der Waals surface area contributed by atoms with Gasteiger partial charge in [0.15, 0.2) is 0 Å². The number of halogens is 4. The summed E-state index contributed by atoms with van der Waals surface area (Å²) in [6.45, 7) is 0.477. The summed E-state index contributed by atoms with van der Waals surface area (Å²) >= 11 is 25.1. The molecule has 0 aliphatic heterocycles. The maximum absolute atomic E-state index is 12.2. The summed E-state index contributed by atoms with van der Waals surface area (Å²) in [5.41, 5.74) is 2.34. The second-order valence-electron chi connectivity index (χ2n) is 6.90. The Morgan fingerprint density at radius 1 is 1.07 bits per heavy atom. The molecule has 4 rings (SSSR count). The Labute approximate surface area is 182 Å². The van der Waals surface area contributed by atoms with Crippen molar-refractivity contribution in [1.29, 1.82) is 0 Å². The predicted molar refractivity (Wildman–Crippen MR) is 115 cm³/mol. The summed E-state index contributed by atoms with van der Waals surface area (Å²) in [5.74, 6) is 0.786. The van der Waals surface area contributed by atoms with Crippen LogP contribution < -0.4 is 5.32 Å². The standard InChI is InChI=1S/C20H17Cl4N3O/c21-13-2-1-3-14(22)12(13)8-19-26-17-9-15(23)16(24)10-18(17)27(19)7-6-20(28)25-11-4-5-11/h1-3,9-11H,4-8H2,(H,25,28). The zero-order chi connectivity index (χ0) is 19.8. The maximum Gasteiger partial charge on any atom is 0.222 e. The summed E-state index contributed by atoms with van der Waals surface area (Å²) in [5, 5.41) is 5.05. The molecule has 4 nitrogen and oxygen atoms in total. The van der Waals surface area contributed by atoms with Gasteiger partial charge in [-0.05, 0) is 42.7 Å². The van der Waals surface area contributed by atoms with E-state index in [2.05, 4.69) is 5.32 Å². The van der Waals surface area contributed by atoms with Crippen molar-refractivity contribution in [2.75, 3.05) is 0 Å². The monoisotopic (exact) mass is 455 g/mol. The Bertz CT molecular complexity index is 1040. The summed E-state index contributed by atoms with van der Waals surface area (Å²) in [6.07, 6.45) is 2.91. The molecule has 1 amide bonds. The first-order valence-corrected chi connectivity index (χ1v) is 10.5. The molecule has 1 N–H and O–H groups in total. The van der Waals surface area contributed by atoms with Gasteiger partial charge in [-0.3, -0.25) is 4.79 Å². The van der Waals surface area contributed by atoms with Crippen LogP contribution in [0.5, 0.6) is 0 Å². The molecule has 1 saturated carbocycles. The van der Waals surface area contributed by atoms with Crippen molar-refractivity contribution in [3.8, 4) is 0 Å². The van der Waals surface area contributed by atoms with E-state index >= 15 is 0 Å².